The third-order valence-electron chi connectivity index (χ3n) is 1.93. The second-order valence-electron chi connectivity index (χ2n) is 3.29. The summed E-state index contributed by atoms with van der Waals surface area (Å²) in [7, 11) is 0. The SMILES string of the molecule is OCCOCCOC(CO)C(O)COCCO. The smallest absolute Gasteiger partial charge is 0.109 e. The topological polar surface area (TPSA) is 109 Å². The first-order valence-electron chi connectivity index (χ1n) is 5.54. The zero-order valence-electron chi connectivity index (χ0n) is 9.83. The number of aliphatic hydroxyl groups is 4. The molecule has 0 heterocycles. The first-order valence-corrected chi connectivity index (χ1v) is 5.54. The molecule has 0 aliphatic heterocycles. The highest BCUT2D eigenvalue weighted by molar-refractivity contribution is 4.67. The van der Waals surface area contributed by atoms with E-state index in [9.17, 15) is 5.11 Å². The average molecular weight is 254 g/mol. The summed E-state index contributed by atoms with van der Waals surface area (Å²) in [6.45, 7) is 0.341. The molecule has 104 valence electrons. The van der Waals surface area contributed by atoms with Gasteiger partial charge >= 0.3 is 0 Å². The van der Waals surface area contributed by atoms with E-state index in [1.807, 2.05) is 0 Å². The van der Waals surface area contributed by atoms with Crippen molar-refractivity contribution < 1.29 is 34.6 Å². The third kappa shape index (κ3) is 9.42. The Bertz CT molecular complexity index is 156. The van der Waals surface area contributed by atoms with Crippen LogP contribution in [-0.2, 0) is 14.2 Å². The molecule has 2 unspecified atom stereocenters. The van der Waals surface area contributed by atoms with Crippen molar-refractivity contribution in [3.05, 3.63) is 0 Å². The summed E-state index contributed by atoms with van der Waals surface area (Å²) in [5.74, 6) is 0. The van der Waals surface area contributed by atoms with Crippen LogP contribution in [0.4, 0.5) is 0 Å². The van der Waals surface area contributed by atoms with E-state index in [0.29, 0.717) is 0 Å². The Morgan fingerprint density at radius 2 is 1.47 bits per heavy atom. The van der Waals surface area contributed by atoms with Gasteiger partial charge in [0.25, 0.3) is 0 Å². The molecule has 0 rings (SSSR count). The fraction of sp³-hybridized carbons (Fsp3) is 1.00. The van der Waals surface area contributed by atoms with Crippen molar-refractivity contribution in [2.45, 2.75) is 12.2 Å². The van der Waals surface area contributed by atoms with Gasteiger partial charge in [0.05, 0.1) is 52.9 Å². The molecule has 0 aromatic heterocycles. The lowest BCUT2D eigenvalue weighted by Crippen LogP contribution is -2.37. The molecule has 7 heteroatoms. The summed E-state index contributed by atoms with van der Waals surface area (Å²) < 4.78 is 15.1. The molecule has 2 atom stereocenters. The van der Waals surface area contributed by atoms with Crippen LogP contribution in [0, 0.1) is 0 Å². The highest BCUT2D eigenvalue weighted by Gasteiger charge is 2.19. The number of hydrogen-bond acceptors (Lipinski definition) is 7. The van der Waals surface area contributed by atoms with Gasteiger partial charge in [0, 0.05) is 0 Å². The molecule has 0 aliphatic carbocycles. The predicted molar refractivity (Wildman–Crippen MR) is 58.6 cm³/mol. The second kappa shape index (κ2) is 12.2. The molecule has 0 spiro atoms. The molecule has 0 aromatic carbocycles. The molecule has 0 radical (unpaired) electrons. The summed E-state index contributed by atoms with van der Waals surface area (Å²) in [6.07, 6.45) is -1.70. The standard InChI is InChI=1S/C10H22O7/c11-1-3-15-5-6-17-10(7-13)9(14)8-16-4-2-12/h9-14H,1-8H2. The zero-order chi connectivity index (χ0) is 12.9. The molecule has 0 fully saturated rings. The lowest BCUT2D eigenvalue weighted by Gasteiger charge is -2.21. The van der Waals surface area contributed by atoms with Gasteiger partial charge in [0.15, 0.2) is 0 Å². The molecule has 17 heavy (non-hydrogen) atoms. The van der Waals surface area contributed by atoms with E-state index in [4.69, 9.17) is 29.5 Å². The Hall–Kier alpha value is -0.280. The minimum absolute atomic E-state index is 0.0106. The molecule has 4 N–H and O–H groups in total. The Morgan fingerprint density at radius 1 is 0.824 bits per heavy atom. The summed E-state index contributed by atoms with van der Waals surface area (Å²) in [5.41, 5.74) is 0. The van der Waals surface area contributed by atoms with Crippen molar-refractivity contribution in [2.24, 2.45) is 0 Å². The lowest BCUT2D eigenvalue weighted by atomic mass is 10.2. The zero-order valence-corrected chi connectivity index (χ0v) is 9.83. The Morgan fingerprint density at radius 3 is 2.06 bits per heavy atom. The maximum atomic E-state index is 9.57. The van der Waals surface area contributed by atoms with E-state index in [0.717, 1.165) is 0 Å². The van der Waals surface area contributed by atoms with Crippen LogP contribution in [0.1, 0.15) is 0 Å². The number of aliphatic hydroxyl groups excluding tert-OH is 4. The van der Waals surface area contributed by atoms with Crippen LogP contribution < -0.4 is 0 Å². The maximum absolute atomic E-state index is 9.57. The van der Waals surface area contributed by atoms with Crippen molar-refractivity contribution in [3.63, 3.8) is 0 Å². The van der Waals surface area contributed by atoms with Crippen LogP contribution in [0.15, 0.2) is 0 Å². The van der Waals surface area contributed by atoms with Gasteiger partial charge in [0.1, 0.15) is 12.2 Å². The molecule has 0 bridgehead atoms. The number of hydrogen-bond donors (Lipinski definition) is 4. The monoisotopic (exact) mass is 254 g/mol. The van der Waals surface area contributed by atoms with Crippen molar-refractivity contribution in [1.82, 2.24) is 0 Å². The summed E-state index contributed by atoms with van der Waals surface area (Å²) >= 11 is 0. The van der Waals surface area contributed by atoms with E-state index < -0.39 is 12.2 Å². The molecule has 7 nitrogen and oxygen atoms in total. The van der Waals surface area contributed by atoms with Crippen LogP contribution in [0.25, 0.3) is 0 Å². The van der Waals surface area contributed by atoms with Gasteiger partial charge in [-0.15, -0.1) is 0 Å². The number of rotatable bonds is 12. The summed E-state index contributed by atoms with van der Waals surface area (Å²) in [4.78, 5) is 0. The fourth-order valence-corrected chi connectivity index (χ4v) is 1.09. The van der Waals surface area contributed by atoms with Crippen LogP contribution in [0.5, 0.6) is 0 Å². The van der Waals surface area contributed by atoms with E-state index in [-0.39, 0.29) is 52.9 Å². The van der Waals surface area contributed by atoms with Crippen LogP contribution in [0.2, 0.25) is 0 Å². The maximum Gasteiger partial charge on any atom is 0.109 e. The first-order chi connectivity index (χ1) is 8.26. The highest BCUT2D eigenvalue weighted by atomic mass is 16.5. The Kier molecular flexibility index (Phi) is 12.0. The van der Waals surface area contributed by atoms with Gasteiger partial charge in [-0.25, -0.2) is 0 Å². The minimum Gasteiger partial charge on any atom is -0.394 e. The normalized spacial score (nSPS) is 14.8. The molecule has 0 amide bonds. The third-order valence-corrected chi connectivity index (χ3v) is 1.93. The van der Waals surface area contributed by atoms with E-state index in [2.05, 4.69) is 0 Å². The highest BCUT2D eigenvalue weighted by Crippen LogP contribution is 2.00. The molecular weight excluding hydrogens is 232 g/mol. The molecule has 0 saturated carbocycles. The van der Waals surface area contributed by atoms with Gasteiger partial charge in [-0.1, -0.05) is 0 Å². The van der Waals surface area contributed by atoms with Gasteiger partial charge < -0.3 is 34.6 Å². The second-order valence-corrected chi connectivity index (χ2v) is 3.29. The van der Waals surface area contributed by atoms with E-state index in [1.54, 1.807) is 0 Å². The quantitative estimate of drug-likeness (QED) is 0.291. The van der Waals surface area contributed by atoms with Crippen molar-refractivity contribution in [1.29, 1.82) is 0 Å². The van der Waals surface area contributed by atoms with E-state index in [1.165, 1.54) is 0 Å². The van der Waals surface area contributed by atoms with Gasteiger partial charge in [0.2, 0.25) is 0 Å². The van der Waals surface area contributed by atoms with Crippen molar-refractivity contribution in [2.75, 3.05) is 52.9 Å². The summed E-state index contributed by atoms with van der Waals surface area (Å²) in [5, 5.41) is 35.5. The predicted octanol–water partition coefficient (Wildman–Crippen LogP) is -2.26. The number of ether oxygens (including phenoxy) is 3. The van der Waals surface area contributed by atoms with Crippen LogP contribution in [-0.4, -0.2) is 85.5 Å². The van der Waals surface area contributed by atoms with Crippen LogP contribution in [0.3, 0.4) is 0 Å². The van der Waals surface area contributed by atoms with Crippen LogP contribution >= 0.6 is 0 Å². The molecule has 0 aliphatic rings. The lowest BCUT2D eigenvalue weighted by molar-refractivity contribution is -0.102. The first kappa shape index (κ1) is 16.7. The average Bonchev–Trinajstić information content (AvgIpc) is 2.34. The minimum atomic E-state index is -0.954. The molecule has 0 saturated heterocycles. The van der Waals surface area contributed by atoms with Gasteiger partial charge in [-0.2, -0.15) is 0 Å². The van der Waals surface area contributed by atoms with Gasteiger partial charge in [-0.05, 0) is 0 Å². The Balaban J connectivity index is 3.58. The molecule has 0 aromatic rings. The van der Waals surface area contributed by atoms with E-state index >= 15 is 0 Å². The van der Waals surface area contributed by atoms with Crippen molar-refractivity contribution >= 4 is 0 Å². The van der Waals surface area contributed by atoms with Crippen molar-refractivity contribution in [3.8, 4) is 0 Å². The Labute approximate surface area is 101 Å². The van der Waals surface area contributed by atoms with Gasteiger partial charge in [-0.3, -0.25) is 0 Å². The summed E-state index contributed by atoms with van der Waals surface area (Å²) in [6, 6.07) is 0. The largest absolute Gasteiger partial charge is 0.394 e. The fourth-order valence-electron chi connectivity index (χ4n) is 1.09. The molecular formula is C10H22O7.